The second-order valence-corrected chi connectivity index (χ2v) is 9.42. The van der Waals surface area contributed by atoms with Crippen LogP contribution in [0.25, 0.3) is 0 Å². The van der Waals surface area contributed by atoms with Crippen LogP contribution in [-0.2, 0) is 21.1 Å². The second kappa shape index (κ2) is 6.61. The van der Waals surface area contributed by atoms with Crippen molar-refractivity contribution in [2.24, 2.45) is 5.92 Å². The highest BCUT2D eigenvalue weighted by atomic mass is 35.5. The summed E-state index contributed by atoms with van der Waals surface area (Å²) in [6.07, 6.45) is 2.41. The van der Waals surface area contributed by atoms with Gasteiger partial charge >= 0.3 is 0 Å². The molecule has 1 atom stereocenters. The zero-order chi connectivity index (χ0) is 16.6. The lowest BCUT2D eigenvalue weighted by molar-refractivity contribution is -0.133. The van der Waals surface area contributed by atoms with Crippen molar-refractivity contribution in [3.05, 3.63) is 33.8 Å². The van der Waals surface area contributed by atoms with Gasteiger partial charge in [-0.05, 0) is 43.4 Å². The third-order valence-corrected chi connectivity index (χ3v) is 7.25. The van der Waals surface area contributed by atoms with Crippen molar-refractivity contribution in [2.45, 2.75) is 31.7 Å². The largest absolute Gasteiger partial charge is 0.339 e. The molecule has 2 saturated heterocycles. The van der Waals surface area contributed by atoms with Crippen LogP contribution in [0.4, 0.5) is 0 Å². The van der Waals surface area contributed by atoms with Gasteiger partial charge in [-0.1, -0.05) is 29.3 Å². The van der Waals surface area contributed by atoms with Gasteiger partial charge in [-0.25, -0.2) is 8.42 Å². The molecule has 126 valence electrons. The molecule has 1 unspecified atom stereocenters. The molecular weight excluding hydrogens is 357 g/mol. The number of amides is 1. The van der Waals surface area contributed by atoms with E-state index in [0.29, 0.717) is 35.9 Å². The number of rotatable bonds is 3. The molecule has 0 N–H and O–H groups in total. The monoisotopic (exact) mass is 375 g/mol. The minimum Gasteiger partial charge on any atom is -0.339 e. The van der Waals surface area contributed by atoms with Crippen LogP contribution in [0.1, 0.15) is 24.8 Å². The van der Waals surface area contributed by atoms with Crippen LogP contribution in [0.15, 0.2) is 18.2 Å². The average Bonchev–Trinajstić information content (AvgIpc) is 2.84. The molecule has 2 aliphatic rings. The van der Waals surface area contributed by atoms with Crippen LogP contribution in [0.2, 0.25) is 10.0 Å². The van der Waals surface area contributed by atoms with Crippen LogP contribution in [0.3, 0.4) is 0 Å². The summed E-state index contributed by atoms with van der Waals surface area (Å²) in [6.45, 7) is 0.691. The number of sulfone groups is 1. The van der Waals surface area contributed by atoms with E-state index in [9.17, 15) is 13.2 Å². The van der Waals surface area contributed by atoms with Crippen LogP contribution < -0.4 is 0 Å². The number of hydrogen-bond donors (Lipinski definition) is 0. The van der Waals surface area contributed by atoms with E-state index in [4.69, 9.17) is 23.2 Å². The summed E-state index contributed by atoms with van der Waals surface area (Å²) >= 11 is 12.4. The summed E-state index contributed by atoms with van der Waals surface area (Å²) < 4.78 is 23.1. The van der Waals surface area contributed by atoms with Gasteiger partial charge < -0.3 is 4.90 Å². The van der Waals surface area contributed by atoms with Crippen molar-refractivity contribution < 1.29 is 13.2 Å². The van der Waals surface area contributed by atoms with E-state index in [1.165, 1.54) is 0 Å². The predicted molar refractivity (Wildman–Crippen MR) is 91.7 cm³/mol. The van der Waals surface area contributed by atoms with Crippen molar-refractivity contribution >= 4 is 38.9 Å². The second-order valence-electron chi connectivity index (χ2n) is 6.30. The number of carbonyl (C=O) groups excluding carboxylic acids is 1. The normalized spacial score (nSPS) is 25.0. The molecule has 0 aromatic heterocycles. The van der Waals surface area contributed by atoms with E-state index in [0.717, 1.165) is 12.0 Å². The fourth-order valence-electron chi connectivity index (χ4n) is 3.48. The lowest BCUT2D eigenvalue weighted by Crippen LogP contribution is -2.42. The molecule has 0 aliphatic carbocycles. The van der Waals surface area contributed by atoms with E-state index in [-0.39, 0.29) is 29.4 Å². The van der Waals surface area contributed by atoms with E-state index in [1.54, 1.807) is 18.2 Å². The minimum absolute atomic E-state index is 0.0535. The molecule has 7 heteroatoms. The topological polar surface area (TPSA) is 54.5 Å². The number of halogens is 2. The standard InChI is InChI=1S/C16H19Cl2NO3S/c17-14-2-1-3-15(18)13(14)10-11-4-7-19(16(11)20)12-5-8-23(21,22)9-6-12/h1-3,11-12H,4-10H2. The molecule has 2 aliphatic heterocycles. The Bertz CT molecular complexity index is 686. The van der Waals surface area contributed by atoms with Gasteiger partial charge in [0.25, 0.3) is 0 Å². The molecule has 1 amide bonds. The summed E-state index contributed by atoms with van der Waals surface area (Å²) in [7, 11) is -2.91. The molecule has 3 rings (SSSR count). The number of likely N-dealkylation sites (tertiary alicyclic amines) is 1. The van der Waals surface area contributed by atoms with Crippen molar-refractivity contribution in [3.63, 3.8) is 0 Å². The fourth-order valence-corrected chi connectivity index (χ4v) is 5.50. The summed E-state index contributed by atoms with van der Waals surface area (Å²) in [5.41, 5.74) is 0.822. The Morgan fingerprint density at radius 3 is 2.30 bits per heavy atom. The Morgan fingerprint density at radius 1 is 1.09 bits per heavy atom. The molecule has 1 aromatic carbocycles. The molecular formula is C16H19Cl2NO3S. The van der Waals surface area contributed by atoms with Crippen LogP contribution in [0.5, 0.6) is 0 Å². The lowest BCUT2D eigenvalue weighted by atomic mass is 9.98. The molecule has 0 bridgehead atoms. The maximum Gasteiger partial charge on any atom is 0.226 e. The Kier molecular flexibility index (Phi) is 4.90. The maximum atomic E-state index is 12.7. The van der Waals surface area contributed by atoms with Gasteiger partial charge in [0.05, 0.1) is 11.5 Å². The first-order chi connectivity index (χ1) is 10.9. The third kappa shape index (κ3) is 3.67. The maximum absolute atomic E-state index is 12.7. The molecule has 1 aromatic rings. The highest BCUT2D eigenvalue weighted by Gasteiger charge is 2.38. The summed E-state index contributed by atoms with van der Waals surface area (Å²) in [5, 5.41) is 1.18. The van der Waals surface area contributed by atoms with Gasteiger partial charge in [-0.15, -0.1) is 0 Å². The quantitative estimate of drug-likeness (QED) is 0.815. The van der Waals surface area contributed by atoms with E-state index >= 15 is 0 Å². The fraction of sp³-hybridized carbons (Fsp3) is 0.562. The van der Waals surface area contributed by atoms with Crippen molar-refractivity contribution in [1.29, 1.82) is 0 Å². The number of hydrogen-bond acceptors (Lipinski definition) is 3. The van der Waals surface area contributed by atoms with Crippen molar-refractivity contribution in [1.82, 2.24) is 4.90 Å². The Morgan fingerprint density at radius 2 is 1.70 bits per heavy atom. The molecule has 0 saturated carbocycles. The first-order valence-corrected chi connectivity index (χ1v) is 10.4. The molecule has 0 radical (unpaired) electrons. The van der Waals surface area contributed by atoms with Gasteiger partial charge in [0.15, 0.2) is 0 Å². The van der Waals surface area contributed by atoms with Gasteiger partial charge in [0, 0.05) is 28.5 Å². The average molecular weight is 376 g/mol. The first-order valence-electron chi connectivity index (χ1n) is 7.81. The molecule has 0 spiro atoms. The highest BCUT2D eigenvalue weighted by molar-refractivity contribution is 7.91. The number of nitrogens with zero attached hydrogens (tertiary/aromatic N) is 1. The summed E-state index contributed by atoms with van der Waals surface area (Å²) in [4.78, 5) is 14.5. The van der Waals surface area contributed by atoms with Gasteiger partial charge in [0.1, 0.15) is 9.84 Å². The minimum atomic E-state index is -2.91. The zero-order valence-electron chi connectivity index (χ0n) is 12.7. The third-order valence-electron chi connectivity index (χ3n) is 4.83. The summed E-state index contributed by atoms with van der Waals surface area (Å²) in [6, 6.07) is 5.41. The van der Waals surface area contributed by atoms with Crippen LogP contribution in [-0.4, -0.2) is 43.3 Å². The predicted octanol–water partition coefficient (Wildman–Crippen LogP) is 2.96. The van der Waals surface area contributed by atoms with Crippen molar-refractivity contribution in [3.8, 4) is 0 Å². The van der Waals surface area contributed by atoms with Gasteiger partial charge in [0.2, 0.25) is 5.91 Å². The highest BCUT2D eigenvalue weighted by Crippen LogP contribution is 2.32. The molecule has 2 heterocycles. The molecule has 4 nitrogen and oxygen atoms in total. The molecule has 23 heavy (non-hydrogen) atoms. The van der Waals surface area contributed by atoms with Gasteiger partial charge in [-0.2, -0.15) is 0 Å². The lowest BCUT2D eigenvalue weighted by Gasteiger charge is -2.31. The smallest absolute Gasteiger partial charge is 0.226 e. The Hall–Kier alpha value is -0.780. The molecule has 2 fully saturated rings. The summed E-state index contributed by atoms with van der Waals surface area (Å²) in [5.74, 6) is 0.349. The van der Waals surface area contributed by atoms with E-state index < -0.39 is 9.84 Å². The van der Waals surface area contributed by atoms with Crippen LogP contribution in [0, 0.1) is 5.92 Å². The zero-order valence-corrected chi connectivity index (χ0v) is 15.0. The Labute approximate surface area is 146 Å². The SMILES string of the molecule is O=C1C(Cc2c(Cl)cccc2Cl)CCN1C1CCS(=O)(=O)CC1. The van der Waals surface area contributed by atoms with Crippen LogP contribution >= 0.6 is 23.2 Å². The van der Waals surface area contributed by atoms with E-state index in [2.05, 4.69) is 0 Å². The first kappa shape index (κ1) is 17.1. The van der Waals surface area contributed by atoms with E-state index in [1.807, 2.05) is 4.90 Å². The Balaban J connectivity index is 1.68. The van der Waals surface area contributed by atoms with Gasteiger partial charge in [-0.3, -0.25) is 4.79 Å². The number of carbonyl (C=O) groups is 1. The van der Waals surface area contributed by atoms with Crippen molar-refractivity contribution in [2.75, 3.05) is 18.1 Å². The number of benzene rings is 1.